The Hall–Kier alpha value is -1.69. The molecule has 5 heteroatoms. The number of aliphatic hydroxyl groups excluding tert-OH is 3. The largest absolute Gasteiger partial charge is 0.550 e. The Morgan fingerprint density at radius 2 is 1.48 bits per heavy atom. The summed E-state index contributed by atoms with van der Waals surface area (Å²) in [4.78, 5) is 10.3. The van der Waals surface area contributed by atoms with E-state index >= 15 is 0 Å². The van der Waals surface area contributed by atoms with Crippen LogP contribution in [0.1, 0.15) is 51.9 Å². The number of hydrogen-bond acceptors (Lipinski definition) is 5. The number of carbonyl (C=O) groups excluding carboxylic acids is 1. The second-order valence-corrected chi connectivity index (χ2v) is 5.92. The molecule has 0 radical (unpaired) electrons. The van der Waals surface area contributed by atoms with E-state index < -0.39 is 24.3 Å². The molecule has 0 saturated carbocycles. The highest BCUT2D eigenvalue weighted by Crippen LogP contribution is 2.06. The minimum Gasteiger partial charge on any atom is -0.550 e. The lowest BCUT2D eigenvalue weighted by Gasteiger charge is -2.14. The molecule has 0 aromatic carbocycles. The van der Waals surface area contributed by atoms with Crippen molar-refractivity contribution in [1.82, 2.24) is 0 Å². The van der Waals surface area contributed by atoms with Crippen molar-refractivity contribution < 1.29 is 25.2 Å². The molecule has 0 bridgehead atoms. The van der Waals surface area contributed by atoms with Crippen molar-refractivity contribution in [2.45, 2.75) is 70.2 Å². The molecule has 5 nitrogen and oxygen atoms in total. The van der Waals surface area contributed by atoms with Crippen LogP contribution in [0.15, 0.2) is 48.6 Å². The van der Waals surface area contributed by atoms with E-state index in [1.165, 1.54) is 6.08 Å². The molecular formula is C20H31O5-. The normalized spacial score (nSPS) is 16.3. The summed E-state index contributed by atoms with van der Waals surface area (Å²) in [7, 11) is 0. The Morgan fingerprint density at radius 1 is 0.880 bits per heavy atom. The Bertz CT molecular complexity index is 451. The molecule has 0 spiro atoms. The van der Waals surface area contributed by atoms with Crippen molar-refractivity contribution in [3.8, 4) is 0 Å². The smallest absolute Gasteiger partial charge is 0.0982 e. The molecule has 0 rings (SSSR count). The van der Waals surface area contributed by atoms with Gasteiger partial charge < -0.3 is 25.2 Å². The van der Waals surface area contributed by atoms with E-state index in [9.17, 15) is 25.2 Å². The van der Waals surface area contributed by atoms with Gasteiger partial charge in [0.1, 0.15) is 0 Å². The van der Waals surface area contributed by atoms with Crippen LogP contribution in [0.2, 0.25) is 0 Å². The van der Waals surface area contributed by atoms with E-state index in [0.29, 0.717) is 0 Å². The maximum absolute atomic E-state index is 10.3. The number of carboxylic acids is 1. The Morgan fingerprint density at radius 3 is 2.08 bits per heavy atom. The standard InChI is InChI=1S/C20H32O5/c1-2-3-8-12-17(21)13-9-6-4-5-7-10-14-18(22)19(23)15-11-16-20(24)25/h4-7,9-10,13-14,17-19,21-23H,2-3,8,11-12,15-16H2,1H3,(H,24,25)/p-1/b6-4-,7-5+,13-9+,14-10+/t17-,18+,19-/m0/s1. The van der Waals surface area contributed by atoms with Crippen LogP contribution in [0, 0.1) is 0 Å². The van der Waals surface area contributed by atoms with Gasteiger partial charge in [0.05, 0.1) is 18.3 Å². The SMILES string of the molecule is CCCCC[C@H](O)/C=C/C=C\C=C\C=C\[C@@H](O)[C@@H](O)CCCC(=O)[O-]. The predicted molar refractivity (Wildman–Crippen MR) is 97.6 cm³/mol. The van der Waals surface area contributed by atoms with Crippen LogP contribution in [0.25, 0.3) is 0 Å². The van der Waals surface area contributed by atoms with Gasteiger partial charge in [-0.3, -0.25) is 0 Å². The third kappa shape index (κ3) is 15.6. The zero-order valence-corrected chi connectivity index (χ0v) is 15.0. The second kappa shape index (κ2) is 15.8. The fraction of sp³-hybridized carbons (Fsp3) is 0.550. The third-order valence-corrected chi connectivity index (χ3v) is 3.58. The maximum atomic E-state index is 10.3. The lowest BCUT2D eigenvalue weighted by molar-refractivity contribution is -0.305. The molecule has 0 aliphatic rings. The number of rotatable bonds is 14. The van der Waals surface area contributed by atoms with Gasteiger partial charge >= 0.3 is 0 Å². The average Bonchev–Trinajstić information content (AvgIpc) is 2.56. The molecule has 0 unspecified atom stereocenters. The van der Waals surface area contributed by atoms with Gasteiger partial charge in [0.2, 0.25) is 0 Å². The summed E-state index contributed by atoms with van der Waals surface area (Å²) in [6, 6.07) is 0. The van der Waals surface area contributed by atoms with Gasteiger partial charge in [0, 0.05) is 5.97 Å². The minimum absolute atomic E-state index is 0.126. The van der Waals surface area contributed by atoms with E-state index in [1.807, 2.05) is 0 Å². The second-order valence-electron chi connectivity index (χ2n) is 5.92. The zero-order valence-electron chi connectivity index (χ0n) is 15.0. The molecule has 0 aromatic heterocycles. The lowest BCUT2D eigenvalue weighted by atomic mass is 10.1. The molecule has 142 valence electrons. The summed E-state index contributed by atoms with van der Waals surface area (Å²) in [6.07, 6.45) is 15.7. The Kier molecular flexibility index (Phi) is 14.7. The highest BCUT2D eigenvalue weighted by atomic mass is 16.4. The van der Waals surface area contributed by atoms with Gasteiger partial charge in [0.15, 0.2) is 0 Å². The number of hydrogen-bond donors (Lipinski definition) is 3. The number of aliphatic hydroxyl groups is 3. The number of aliphatic carboxylic acids is 1. The van der Waals surface area contributed by atoms with E-state index in [4.69, 9.17) is 0 Å². The average molecular weight is 351 g/mol. The number of carbonyl (C=O) groups is 1. The molecule has 0 fully saturated rings. The maximum Gasteiger partial charge on any atom is 0.0982 e. The number of allylic oxidation sites excluding steroid dienone is 6. The van der Waals surface area contributed by atoms with E-state index in [1.54, 1.807) is 42.5 Å². The van der Waals surface area contributed by atoms with Crippen molar-refractivity contribution in [3.05, 3.63) is 48.6 Å². The number of carboxylic acid groups (broad SMARTS) is 1. The van der Waals surface area contributed by atoms with Crippen molar-refractivity contribution >= 4 is 5.97 Å². The van der Waals surface area contributed by atoms with Gasteiger partial charge in [0.25, 0.3) is 0 Å². The zero-order chi connectivity index (χ0) is 18.9. The summed E-state index contributed by atoms with van der Waals surface area (Å²) in [6.45, 7) is 2.13. The molecule has 0 aliphatic heterocycles. The summed E-state index contributed by atoms with van der Waals surface area (Å²) in [5.41, 5.74) is 0. The molecule has 0 aromatic rings. The molecule has 0 heterocycles. The van der Waals surface area contributed by atoms with Gasteiger partial charge in [-0.1, -0.05) is 74.8 Å². The summed E-state index contributed by atoms with van der Waals surface area (Å²) >= 11 is 0. The van der Waals surface area contributed by atoms with Crippen molar-refractivity contribution in [1.29, 1.82) is 0 Å². The van der Waals surface area contributed by atoms with Crippen LogP contribution >= 0.6 is 0 Å². The first kappa shape index (κ1) is 23.3. The molecule has 25 heavy (non-hydrogen) atoms. The first-order valence-corrected chi connectivity index (χ1v) is 8.89. The Balaban J connectivity index is 3.97. The fourth-order valence-corrected chi connectivity index (χ4v) is 2.08. The molecule has 3 atom stereocenters. The van der Waals surface area contributed by atoms with E-state index in [0.717, 1.165) is 25.7 Å². The molecular weight excluding hydrogens is 320 g/mol. The quantitative estimate of drug-likeness (QED) is 0.327. The monoisotopic (exact) mass is 351 g/mol. The van der Waals surface area contributed by atoms with Gasteiger partial charge in [-0.25, -0.2) is 0 Å². The van der Waals surface area contributed by atoms with Crippen LogP contribution in [0.4, 0.5) is 0 Å². The molecule has 0 aliphatic carbocycles. The van der Waals surface area contributed by atoms with Gasteiger partial charge in [-0.15, -0.1) is 0 Å². The van der Waals surface area contributed by atoms with Crippen molar-refractivity contribution in [2.75, 3.05) is 0 Å². The van der Waals surface area contributed by atoms with Crippen LogP contribution in [-0.2, 0) is 4.79 Å². The highest BCUT2D eigenvalue weighted by molar-refractivity contribution is 5.64. The van der Waals surface area contributed by atoms with Gasteiger partial charge in [-0.2, -0.15) is 0 Å². The predicted octanol–water partition coefficient (Wildman–Crippen LogP) is 1.79. The third-order valence-electron chi connectivity index (χ3n) is 3.58. The molecule has 0 amide bonds. The summed E-state index contributed by atoms with van der Waals surface area (Å²) in [5.74, 6) is -1.16. The lowest BCUT2D eigenvalue weighted by Crippen LogP contribution is -2.26. The van der Waals surface area contributed by atoms with Crippen molar-refractivity contribution in [3.63, 3.8) is 0 Å². The number of unbranched alkanes of at least 4 members (excludes halogenated alkanes) is 2. The van der Waals surface area contributed by atoms with Gasteiger partial charge in [-0.05, 0) is 25.7 Å². The van der Waals surface area contributed by atoms with E-state index in [2.05, 4.69) is 6.92 Å². The summed E-state index contributed by atoms with van der Waals surface area (Å²) in [5, 5.41) is 39.3. The highest BCUT2D eigenvalue weighted by Gasteiger charge is 2.11. The van der Waals surface area contributed by atoms with Crippen LogP contribution < -0.4 is 5.11 Å². The topological polar surface area (TPSA) is 101 Å². The molecule has 3 N–H and O–H groups in total. The molecule has 0 saturated heterocycles. The fourth-order valence-electron chi connectivity index (χ4n) is 2.08. The first-order chi connectivity index (χ1) is 12.0. The Labute approximate surface area is 150 Å². The first-order valence-electron chi connectivity index (χ1n) is 8.89. The van der Waals surface area contributed by atoms with Crippen LogP contribution in [-0.4, -0.2) is 39.6 Å². The van der Waals surface area contributed by atoms with Crippen LogP contribution in [0.5, 0.6) is 0 Å². The van der Waals surface area contributed by atoms with Crippen LogP contribution in [0.3, 0.4) is 0 Å². The minimum atomic E-state index is -1.16. The summed E-state index contributed by atoms with van der Waals surface area (Å²) < 4.78 is 0. The van der Waals surface area contributed by atoms with Crippen molar-refractivity contribution in [2.24, 2.45) is 0 Å². The van der Waals surface area contributed by atoms with E-state index in [-0.39, 0.29) is 19.3 Å².